The molecule has 6 heteroatoms. The molecule has 0 spiro atoms. The Bertz CT molecular complexity index is 842. The molecule has 1 aliphatic carbocycles. The summed E-state index contributed by atoms with van der Waals surface area (Å²) < 4.78 is 4.98. The van der Waals surface area contributed by atoms with Crippen LogP contribution in [0.3, 0.4) is 0 Å². The number of carboxylic acid groups (broad SMARTS) is 1. The van der Waals surface area contributed by atoms with Crippen LogP contribution < -0.4 is 0 Å². The zero-order valence-corrected chi connectivity index (χ0v) is 14.8. The normalized spacial score (nSPS) is 21.5. The van der Waals surface area contributed by atoms with Gasteiger partial charge in [-0.25, -0.2) is 0 Å². The molecule has 0 bridgehead atoms. The third-order valence-corrected chi connectivity index (χ3v) is 4.86. The van der Waals surface area contributed by atoms with Gasteiger partial charge in [0.15, 0.2) is 5.78 Å². The van der Waals surface area contributed by atoms with Crippen LogP contribution in [0.4, 0.5) is 0 Å². The molecule has 0 aromatic heterocycles. The van der Waals surface area contributed by atoms with Crippen molar-refractivity contribution >= 4 is 29.3 Å². The molecule has 0 amide bonds. The third-order valence-electron chi connectivity index (χ3n) is 4.61. The summed E-state index contributed by atoms with van der Waals surface area (Å²) in [5, 5.41) is 9.99. The number of Topliss-reactive ketones (excluding diaryl/α,β-unsaturated/α-hetero) is 1. The van der Waals surface area contributed by atoms with Crippen LogP contribution in [0.5, 0.6) is 0 Å². The molecule has 0 unspecified atom stereocenters. The predicted molar refractivity (Wildman–Crippen MR) is 96.0 cm³/mol. The van der Waals surface area contributed by atoms with E-state index in [4.69, 9.17) is 16.3 Å². The van der Waals surface area contributed by atoms with Crippen LogP contribution in [-0.2, 0) is 14.3 Å². The molecule has 1 saturated carbocycles. The van der Waals surface area contributed by atoms with Crippen LogP contribution in [0.1, 0.15) is 23.7 Å². The highest BCUT2D eigenvalue weighted by Gasteiger charge is 2.51. The fourth-order valence-electron chi connectivity index (χ4n) is 3.23. The van der Waals surface area contributed by atoms with Crippen molar-refractivity contribution in [3.05, 3.63) is 59.1 Å². The second-order valence-electron chi connectivity index (χ2n) is 6.30. The minimum Gasteiger partial charge on any atom is -0.481 e. The maximum atomic E-state index is 12.6. The highest BCUT2D eigenvalue weighted by molar-refractivity contribution is 6.30. The fourth-order valence-corrected chi connectivity index (χ4v) is 3.35. The van der Waals surface area contributed by atoms with Crippen LogP contribution in [-0.4, -0.2) is 28.9 Å². The Balaban J connectivity index is 1.75. The number of aliphatic carboxylic acids is 1. The van der Waals surface area contributed by atoms with Crippen molar-refractivity contribution < 1.29 is 24.2 Å². The first-order chi connectivity index (χ1) is 12.4. The number of carbonyl (C=O) groups is 3. The van der Waals surface area contributed by atoms with Crippen molar-refractivity contribution in [2.45, 2.75) is 19.4 Å². The number of carbonyl (C=O) groups excluding carboxylic acids is 2. The number of hydrogen-bond acceptors (Lipinski definition) is 4. The number of benzene rings is 2. The Morgan fingerprint density at radius 2 is 1.54 bits per heavy atom. The van der Waals surface area contributed by atoms with Crippen LogP contribution in [0.25, 0.3) is 11.1 Å². The molecule has 5 nitrogen and oxygen atoms in total. The molecule has 134 valence electrons. The predicted octanol–water partition coefficient (Wildman–Crippen LogP) is 3.84. The first-order valence-corrected chi connectivity index (χ1v) is 8.55. The van der Waals surface area contributed by atoms with Gasteiger partial charge in [0.05, 0.1) is 0 Å². The summed E-state index contributed by atoms with van der Waals surface area (Å²) in [5.74, 6) is -3.60. The molecule has 1 fully saturated rings. The van der Waals surface area contributed by atoms with E-state index in [1.54, 1.807) is 24.3 Å². The Morgan fingerprint density at radius 1 is 1.00 bits per heavy atom. The second-order valence-corrected chi connectivity index (χ2v) is 6.74. The highest BCUT2D eigenvalue weighted by Crippen LogP contribution is 2.40. The van der Waals surface area contributed by atoms with E-state index in [2.05, 4.69) is 0 Å². The van der Waals surface area contributed by atoms with E-state index in [9.17, 15) is 19.5 Å². The monoisotopic (exact) mass is 372 g/mol. The van der Waals surface area contributed by atoms with Crippen LogP contribution in [0.15, 0.2) is 48.5 Å². The molecular formula is C20H17ClO5. The maximum Gasteiger partial charge on any atom is 0.311 e. The Morgan fingerprint density at radius 3 is 2.04 bits per heavy atom. The topological polar surface area (TPSA) is 80.7 Å². The molecular weight excluding hydrogens is 356 g/mol. The number of halogens is 1. The smallest absolute Gasteiger partial charge is 0.311 e. The summed E-state index contributed by atoms with van der Waals surface area (Å²) in [4.78, 5) is 35.1. The van der Waals surface area contributed by atoms with Crippen LogP contribution >= 0.6 is 11.6 Å². The van der Waals surface area contributed by atoms with Gasteiger partial charge in [0, 0.05) is 23.4 Å². The molecule has 3 atom stereocenters. The maximum absolute atomic E-state index is 12.6. The molecule has 2 aromatic carbocycles. The number of ketones is 1. The van der Waals surface area contributed by atoms with Gasteiger partial charge in [0.2, 0.25) is 0 Å². The van der Waals surface area contributed by atoms with Crippen molar-refractivity contribution in [3.63, 3.8) is 0 Å². The number of hydrogen-bond donors (Lipinski definition) is 1. The quantitative estimate of drug-likeness (QED) is 0.637. The average molecular weight is 373 g/mol. The molecule has 0 radical (unpaired) electrons. The summed E-state index contributed by atoms with van der Waals surface area (Å²) in [6.45, 7) is 1.23. The summed E-state index contributed by atoms with van der Waals surface area (Å²) in [5.41, 5.74) is 2.34. The van der Waals surface area contributed by atoms with E-state index in [-0.39, 0.29) is 12.2 Å². The summed E-state index contributed by atoms with van der Waals surface area (Å²) in [7, 11) is 0. The van der Waals surface area contributed by atoms with Gasteiger partial charge in [0.1, 0.15) is 12.0 Å². The Kier molecular flexibility index (Phi) is 5.09. The number of esters is 1. The first-order valence-electron chi connectivity index (χ1n) is 8.17. The standard InChI is InChI=1S/C20H17ClO5/c1-11(22)26-17-10-16(18(17)20(24)25)19(23)14-4-2-12(3-5-14)13-6-8-15(21)9-7-13/h2-9,16-18H,10H2,1H3,(H,24,25)/t16-,17+,18+/m0/s1. The molecule has 1 N–H and O–H groups in total. The van der Waals surface area contributed by atoms with Gasteiger partial charge in [-0.2, -0.15) is 0 Å². The lowest BCUT2D eigenvalue weighted by Gasteiger charge is -2.39. The summed E-state index contributed by atoms with van der Waals surface area (Å²) in [6, 6.07) is 14.3. The van der Waals surface area contributed by atoms with Crippen molar-refractivity contribution in [2.75, 3.05) is 0 Å². The number of carboxylic acids is 1. The summed E-state index contributed by atoms with van der Waals surface area (Å²) in [6.07, 6.45) is -0.513. The van der Waals surface area contributed by atoms with E-state index in [1.807, 2.05) is 24.3 Å². The molecule has 26 heavy (non-hydrogen) atoms. The van der Waals surface area contributed by atoms with Crippen molar-refractivity contribution in [1.82, 2.24) is 0 Å². The average Bonchev–Trinajstić information content (AvgIpc) is 2.58. The Labute approximate surface area is 155 Å². The SMILES string of the molecule is CC(=O)O[C@@H]1C[C@H](C(=O)c2ccc(-c3ccc(Cl)cc3)cc2)[C@H]1C(=O)O. The van der Waals surface area contributed by atoms with Gasteiger partial charge in [-0.05, 0) is 29.7 Å². The van der Waals surface area contributed by atoms with Gasteiger partial charge < -0.3 is 9.84 Å². The lowest BCUT2D eigenvalue weighted by molar-refractivity contribution is -0.170. The highest BCUT2D eigenvalue weighted by atomic mass is 35.5. The minimum atomic E-state index is -1.13. The van der Waals surface area contributed by atoms with Crippen LogP contribution in [0.2, 0.25) is 5.02 Å². The lowest BCUT2D eigenvalue weighted by atomic mass is 9.67. The van der Waals surface area contributed by atoms with E-state index in [0.29, 0.717) is 10.6 Å². The zero-order chi connectivity index (χ0) is 18.8. The van der Waals surface area contributed by atoms with Gasteiger partial charge in [-0.1, -0.05) is 48.0 Å². The minimum absolute atomic E-state index is 0.230. The van der Waals surface area contributed by atoms with Gasteiger partial charge >= 0.3 is 11.9 Å². The van der Waals surface area contributed by atoms with Crippen LogP contribution in [0, 0.1) is 11.8 Å². The lowest BCUT2D eigenvalue weighted by Crippen LogP contribution is -2.51. The van der Waals surface area contributed by atoms with Gasteiger partial charge in [-0.3, -0.25) is 14.4 Å². The van der Waals surface area contributed by atoms with E-state index >= 15 is 0 Å². The molecule has 0 heterocycles. The molecule has 1 aliphatic rings. The zero-order valence-electron chi connectivity index (χ0n) is 14.0. The van der Waals surface area contributed by atoms with Gasteiger partial charge in [-0.15, -0.1) is 0 Å². The van der Waals surface area contributed by atoms with E-state index in [1.165, 1.54) is 6.92 Å². The van der Waals surface area contributed by atoms with Crippen molar-refractivity contribution in [1.29, 1.82) is 0 Å². The number of ether oxygens (including phenoxy) is 1. The second kappa shape index (κ2) is 7.30. The summed E-state index contributed by atoms with van der Waals surface area (Å²) >= 11 is 5.88. The van der Waals surface area contributed by atoms with Crippen molar-refractivity contribution in [3.8, 4) is 11.1 Å². The molecule has 0 saturated heterocycles. The van der Waals surface area contributed by atoms with Crippen molar-refractivity contribution in [2.24, 2.45) is 11.8 Å². The molecule has 0 aliphatic heterocycles. The van der Waals surface area contributed by atoms with Gasteiger partial charge in [0.25, 0.3) is 0 Å². The number of rotatable bonds is 5. The van der Waals surface area contributed by atoms with E-state index < -0.39 is 29.9 Å². The Hall–Kier alpha value is -2.66. The largest absolute Gasteiger partial charge is 0.481 e. The fraction of sp³-hybridized carbons (Fsp3) is 0.250. The molecule has 3 rings (SSSR count). The third kappa shape index (κ3) is 3.63. The first kappa shape index (κ1) is 18.1. The van der Waals surface area contributed by atoms with E-state index in [0.717, 1.165) is 11.1 Å². The molecule has 2 aromatic rings.